The maximum atomic E-state index is 11.3. The Morgan fingerprint density at radius 1 is 0.906 bits per heavy atom. The largest absolute Gasteiger partial charge is 0.481 e. The molecular weight excluding hydrogens is 456 g/mol. The van der Waals surface area contributed by atoms with Gasteiger partial charge in [-0.25, -0.2) is 0 Å². The van der Waals surface area contributed by atoms with Gasteiger partial charge in [0.1, 0.15) is 12.2 Å². The molecule has 0 spiro atoms. The third-order valence-electron chi connectivity index (χ3n) is 4.18. The molecule has 2 aliphatic rings. The zero-order valence-electron chi connectivity index (χ0n) is 19.3. The molecule has 0 aliphatic carbocycles. The van der Waals surface area contributed by atoms with Crippen LogP contribution in [0.4, 0.5) is 0 Å². The van der Waals surface area contributed by atoms with Crippen LogP contribution in [0.25, 0.3) is 0 Å². The van der Waals surface area contributed by atoms with Gasteiger partial charge in [0.15, 0.2) is 11.6 Å². The van der Waals surface area contributed by atoms with Crippen LogP contribution in [0.2, 0.25) is 0 Å². The highest BCUT2D eigenvalue weighted by molar-refractivity contribution is 7.59. The summed E-state index contributed by atoms with van der Waals surface area (Å²) in [6.07, 6.45) is 10.5. The number of carbonyl (C=O) groups is 2. The smallest absolute Gasteiger partial charge is 0.308 e. The van der Waals surface area contributed by atoms with E-state index in [-0.39, 0.29) is 70.2 Å². The van der Waals surface area contributed by atoms with Crippen LogP contribution in [0.1, 0.15) is 60.3 Å². The minimum atomic E-state index is -0.886. The number of rotatable bonds is 5. The van der Waals surface area contributed by atoms with Crippen LogP contribution in [-0.2, 0) is 33.3 Å². The quantitative estimate of drug-likeness (QED) is 0.462. The van der Waals surface area contributed by atoms with Gasteiger partial charge in [0, 0.05) is 12.8 Å². The van der Waals surface area contributed by atoms with Crippen molar-refractivity contribution < 1.29 is 38.4 Å². The Labute approximate surface area is 204 Å². The average Bonchev–Trinajstić information content (AvgIpc) is 2.58. The molecule has 0 saturated carbocycles. The molecule has 2 aliphatic heterocycles. The van der Waals surface area contributed by atoms with E-state index in [1.807, 2.05) is 0 Å². The summed E-state index contributed by atoms with van der Waals surface area (Å²) in [6, 6.07) is 0. The Bertz CT molecular complexity index is 680. The molecule has 10 heteroatoms. The summed E-state index contributed by atoms with van der Waals surface area (Å²) in [5, 5.41) is 8.62. The first-order valence-corrected chi connectivity index (χ1v) is 9.90. The highest BCUT2D eigenvalue weighted by atomic mass is 32.1. The first-order valence-electron chi connectivity index (χ1n) is 9.90. The second kappa shape index (κ2) is 14.7. The molecule has 1 N–H and O–H groups in total. The maximum Gasteiger partial charge on any atom is 0.308 e. The molecule has 2 heterocycles. The van der Waals surface area contributed by atoms with Gasteiger partial charge in [-0.2, -0.15) is 27.0 Å². The monoisotopic (exact) mass is 492 g/mol. The normalized spacial score (nSPS) is 27.5. The van der Waals surface area contributed by atoms with Crippen LogP contribution in [-0.4, -0.2) is 59.6 Å². The van der Waals surface area contributed by atoms with Crippen molar-refractivity contribution in [1.29, 1.82) is 0 Å². The van der Waals surface area contributed by atoms with E-state index < -0.39 is 17.5 Å². The zero-order chi connectivity index (χ0) is 22.9. The Hall–Kier alpha value is -1.40. The number of carboxylic acids is 1. The molecule has 2 fully saturated rings. The molecule has 184 valence electrons. The topological polar surface area (TPSA) is 101 Å². The molecule has 8 nitrogen and oxygen atoms in total. The molecule has 0 aromatic heterocycles. The number of terminal acetylenes is 2. The summed E-state index contributed by atoms with van der Waals surface area (Å²) >= 11 is 0. The molecule has 0 bridgehead atoms. The number of ether oxygens (including phenoxy) is 5. The molecule has 4 atom stereocenters. The number of carbonyl (C=O) groups excluding carboxylic acids is 1. The molecule has 2 rings (SSSR count). The van der Waals surface area contributed by atoms with Crippen LogP contribution in [0.15, 0.2) is 0 Å². The molecule has 0 amide bonds. The van der Waals surface area contributed by atoms with Gasteiger partial charge in [0.2, 0.25) is 0 Å². The third kappa shape index (κ3) is 12.6. The number of carboxylic acid groups (broad SMARTS) is 1. The van der Waals surface area contributed by atoms with Crippen molar-refractivity contribution in [2.75, 3.05) is 6.61 Å². The highest BCUT2D eigenvalue weighted by Gasteiger charge is 2.36. The fourth-order valence-corrected chi connectivity index (χ4v) is 3.27. The van der Waals surface area contributed by atoms with Crippen molar-refractivity contribution in [1.82, 2.24) is 0 Å². The van der Waals surface area contributed by atoms with E-state index >= 15 is 0 Å². The Morgan fingerprint density at radius 3 is 1.66 bits per heavy atom. The molecule has 32 heavy (non-hydrogen) atoms. The van der Waals surface area contributed by atoms with Crippen molar-refractivity contribution >= 4 is 38.9 Å². The Morgan fingerprint density at radius 2 is 1.31 bits per heavy atom. The lowest BCUT2D eigenvalue weighted by atomic mass is 10.1. The molecule has 0 radical (unpaired) electrons. The van der Waals surface area contributed by atoms with Crippen molar-refractivity contribution in [2.45, 2.75) is 96.3 Å². The number of esters is 1. The van der Waals surface area contributed by atoms with Crippen molar-refractivity contribution in [3.8, 4) is 24.7 Å². The van der Waals surface area contributed by atoms with Gasteiger partial charge in [-0.05, 0) is 34.6 Å². The first kappa shape index (κ1) is 32.8. The van der Waals surface area contributed by atoms with E-state index in [1.54, 1.807) is 34.6 Å². The van der Waals surface area contributed by atoms with Gasteiger partial charge < -0.3 is 28.8 Å². The van der Waals surface area contributed by atoms with E-state index in [4.69, 9.17) is 41.6 Å². The Balaban J connectivity index is 0. The lowest BCUT2D eigenvalue weighted by molar-refractivity contribution is -0.289. The van der Waals surface area contributed by atoms with E-state index in [9.17, 15) is 9.59 Å². The predicted molar refractivity (Wildman–Crippen MR) is 129 cm³/mol. The molecule has 0 aromatic carbocycles. The van der Waals surface area contributed by atoms with E-state index in [0.29, 0.717) is 19.4 Å². The van der Waals surface area contributed by atoms with Gasteiger partial charge in [-0.15, -0.1) is 12.8 Å². The Kier molecular flexibility index (Phi) is 15.0. The van der Waals surface area contributed by atoms with Gasteiger partial charge in [0.05, 0.1) is 31.7 Å². The van der Waals surface area contributed by atoms with Gasteiger partial charge in [-0.3, -0.25) is 9.59 Å². The average molecular weight is 493 g/mol. The summed E-state index contributed by atoms with van der Waals surface area (Å²) in [6.45, 7) is 9.18. The molecule has 0 aromatic rings. The summed E-state index contributed by atoms with van der Waals surface area (Å²) in [7, 11) is 0. The zero-order valence-corrected chi connectivity index (χ0v) is 21.3. The molecular formula is C22H36O8S2. The first-order chi connectivity index (χ1) is 13.9. The van der Waals surface area contributed by atoms with E-state index in [0.717, 1.165) is 0 Å². The standard InChI is InChI=1S/C12H18O4.C10H14O4.2H2S/c1-5-9-7-10(8-11(13)14-6-2)16-12(3,4)15-9;1-4-7-5-8(6-9(11)12)14-10(2,3)13-7;;/h1,9-10H,6-8H2,2-4H3;1,7-8H,5-6H2,2-3H3,(H,11,12);2*1H2/t9-,10-;7-,8-;;/m11../s1. The summed E-state index contributed by atoms with van der Waals surface area (Å²) in [5.41, 5.74) is 0. The second-order valence-corrected chi connectivity index (χ2v) is 7.90. The molecule has 2 saturated heterocycles. The lowest BCUT2D eigenvalue weighted by Gasteiger charge is -2.38. The van der Waals surface area contributed by atoms with Crippen molar-refractivity contribution in [3.05, 3.63) is 0 Å². The summed E-state index contributed by atoms with van der Waals surface area (Å²) in [4.78, 5) is 21.8. The van der Waals surface area contributed by atoms with Gasteiger partial charge in [-0.1, -0.05) is 11.8 Å². The second-order valence-electron chi connectivity index (χ2n) is 7.90. The predicted octanol–water partition coefficient (Wildman–Crippen LogP) is 2.71. The van der Waals surface area contributed by atoms with Crippen LogP contribution < -0.4 is 0 Å². The SMILES string of the molecule is C#C[C@@H]1C[C@H](CC(=O)O)OC(C)(C)O1.C#C[C@@H]1C[C@H](CC(=O)OCC)OC(C)(C)O1.S.S. The number of hydrogen-bond acceptors (Lipinski definition) is 7. The van der Waals surface area contributed by atoms with E-state index in [1.165, 1.54) is 0 Å². The minimum absolute atomic E-state index is 0. The van der Waals surface area contributed by atoms with Crippen molar-refractivity contribution in [3.63, 3.8) is 0 Å². The van der Waals surface area contributed by atoms with Crippen LogP contribution >= 0.6 is 27.0 Å². The lowest BCUT2D eigenvalue weighted by Crippen LogP contribution is -2.44. The summed E-state index contributed by atoms with van der Waals surface area (Å²) < 4.78 is 26.8. The number of aliphatic carboxylic acids is 1. The highest BCUT2D eigenvalue weighted by Crippen LogP contribution is 2.29. The maximum absolute atomic E-state index is 11.3. The molecule has 0 unspecified atom stereocenters. The number of hydrogen-bond donors (Lipinski definition) is 1. The van der Waals surface area contributed by atoms with Crippen molar-refractivity contribution in [2.24, 2.45) is 0 Å². The van der Waals surface area contributed by atoms with E-state index in [2.05, 4.69) is 11.8 Å². The van der Waals surface area contributed by atoms with Gasteiger partial charge >= 0.3 is 11.9 Å². The van der Waals surface area contributed by atoms with Gasteiger partial charge in [0.25, 0.3) is 0 Å². The third-order valence-corrected chi connectivity index (χ3v) is 4.18. The van der Waals surface area contributed by atoms with Crippen LogP contribution in [0, 0.1) is 24.7 Å². The minimum Gasteiger partial charge on any atom is -0.481 e. The fourth-order valence-electron chi connectivity index (χ4n) is 3.27. The van der Waals surface area contributed by atoms with Crippen LogP contribution in [0.5, 0.6) is 0 Å². The summed E-state index contributed by atoms with van der Waals surface area (Å²) in [5.74, 6) is 2.32. The van der Waals surface area contributed by atoms with Crippen LogP contribution in [0.3, 0.4) is 0 Å². The fraction of sp³-hybridized carbons (Fsp3) is 0.727.